The minimum absolute atomic E-state index is 0.390. The molecule has 0 amide bonds. The monoisotopic (exact) mass is 262 g/mol. The maximum atomic E-state index is 5.97. The van der Waals surface area contributed by atoms with Crippen LogP contribution in [0.15, 0.2) is 6.07 Å². The van der Waals surface area contributed by atoms with E-state index in [1.165, 1.54) is 16.7 Å². The van der Waals surface area contributed by atoms with E-state index >= 15 is 0 Å². The molecule has 106 valence electrons. The van der Waals surface area contributed by atoms with E-state index in [-0.39, 0.29) is 0 Å². The number of benzene rings is 1. The molecule has 0 unspecified atom stereocenters. The van der Waals surface area contributed by atoms with Crippen molar-refractivity contribution >= 4 is 5.69 Å². The van der Waals surface area contributed by atoms with Crippen LogP contribution in [0.4, 0.5) is 5.69 Å². The Balaban J connectivity index is 2.22. The predicted molar refractivity (Wildman–Crippen MR) is 81.1 cm³/mol. The second kappa shape index (κ2) is 5.83. The molecule has 1 aromatic rings. The van der Waals surface area contributed by atoms with Crippen LogP contribution in [0.25, 0.3) is 0 Å². The summed E-state index contributed by atoms with van der Waals surface area (Å²) in [5.41, 5.74) is 10.9. The Morgan fingerprint density at radius 1 is 1.11 bits per heavy atom. The van der Waals surface area contributed by atoms with Crippen molar-refractivity contribution in [2.45, 2.75) is 58.5 Å². The summed E-state index contributed by atoms with van der Waals surface area (Å²) in [5, 5.41) is 3.68. The van der Waals surface area contributed by atoms with E-state index in [9.17, 15) is 0 Å². The number of hydrogen-bond acceptors (Lipinski definition) is 3. The standard InChI is InChI=1S/C16H26N2O/c1-10-9-11(2)15(16(19-4)12(10)3)18-14-7-5-13(17)6-8-14/h9,13-14,18H,5-8,17H2,1-4H3. The molecule has 0 aliphatic heterocycles. The van der Waals surface area contributed by atoms with Crippen LogP contribution in [0.2, 0.25) is 0 Å². The molecule has 0 radical (unpaired) electrons. The Morgan fingerprint density at radius 2 is 1.74 bits per heavy atom. The fourth-order valence-corrected chi connectivity index (χ4v) is 2.95. The first-order valence-electron chi connectivity index (χ1n) is 7.19. The van der Waals surface area contributed by atoms with E-state index in [0.717, 1.165) is 37.1 Å². The first kappa shape index (κ1) is 14.2. The first-order valence-corrected chi connectivity index (χ1v) is 7.19. The van der Waals surface area contributed by atoms with Gasteiger partial charge in [0.25, 0.3) is 0 Å². The van der Waals surface area contributed by atoms with Crippen LogP contribution < -0.4 is 15.8 Å². The summed E-state index contributed by atoms with van der Waals surface area (Å²) in [6.45, 7) is 6.40. The van der Waals surface area contributed by atoms with E-state index in [4.69, 9.17) is 10.5 Å². The molecule has 1 aromatic carbocycles. The molecule has 3 nitrogen and oxygen atoms in total. The summed E-state index contributed by atoms with van der Waals surface area (Å²) in [6.07, 6.45) is 4.53. The molecule has 2 rings (SSSR count). The van der Waals surface area contributed by atoms with Gasteiger partial charge in [0.05, 0.1) is 12.8 Å². The molecule has 19 heavy (non-hydrogen) atoms. The molecule has 1 aliphatic carbocycles. The molecule has 1 fully saturated rings. The summed E-state index contributed by atoms with van der Waals surface area (Å²) in [6, 6.07) is 3.14. The smallest absolute Gasteiger partial charge is 0.145 e. The van der Waals surface area contributed by atoms with Crippen molar-refractivity contribution in [2.24, 2.45) is 5.73 Å². The van der Waals surface area contributed by atoms with Crippen LogP contribution in [0.1, 0.15) is 42.4 Å². The van der Waals surface area contributed by atoms with Gasteiger partial charge in [-0.25, -0.2) is 0 Å². The Morgan fingerprint density at radius 3 is 2.32 bits per heavy atom. The topological polar surface area (TPSA) is 47.3 Å². The molecule has 0 heterocycles. The molecule has 0 aromatic heterocycles. The number of hydrogen-bond donors (Lipinski definition) is 2. The van der Waals surface area contributed by atoms with Crippen LogP contribution in [0, 0.1) is 20.8 Å². The zero-order valence-corrected chi connectivity index (χ0v) is 12.5. The van der Waals surface area contributed by atoms with Gasteiger partial charge in [0.2, 0.25) is 0 Å². The van der Waals surface area contributed by atoms with Crippen molar-refractivity contribution < 1.29 is 4.74 Å². The van der Waals surface area contributed by atoms with Gasteiger partial charge < -0.3 is 15.8 Å². The first-order chi connectivity index (χ1) is 9.02. The third-order valence-corrected chi connectivity index (χ3v) is 4.31. The highest BCUT2D eigenvalue weighted by atomic mass is 16.5. The third kappa shape index (κ3) is 3.03. The van der Waals surface area contributed by atoms with Crippen molar-refractivity contribution in [1.29, 1.82) is 0 Å². The van der Waals surface area contributed by atoms with Gasteiger partial charge in [0, 0.05) is 12.1 Å². The minimum atomic E-state index is 0.390. The lowest BCUT2D eigenvalue weighted by Gasteiger charge is -2.29. The number of rotatable bonds is 3. The van der Waals surface area contributed by atoms with Gasteiger partial charge in [-0.1, -0.05) is 6.07 Å². The Bertz CT molecular complexity index is 449. The van der Waals surface area contributed by atoms with Crippen LogP contribution >= 0.6 is 0 Å². The number of nitrogens with two attached hydrogens (primary N) is 1. The number of methoxy groups -OCH3 is 1. The molecule has 0 spiro atoms. The highest BCUT2D eigenvalue weighted by Crippen LogP contribution is 2.36. The maximum Gasteiger partial charge on any atom is 0.145 e. The largest absolute Gasteiger partial charge is 0.494 e. The van der Waals surface area contributed by atoms with Crippen molar-refractivity contribution in [3.63, 3.8) is 0 Å². The summed E-state index contributed by atoms with van der Waals surface area (Å²) < 4.78 is 5.61. The zero-order chi connectivity index (χ0) is 14.0. The Labute approximate surface area is 116 Å². The lowest BCUT2D eigenvalue weighted by Crippen LogP contribution is -2.33. The van der Waals surface area contributed by atoms with Crippen LogP contribution in [-0.4, -0.2) is 19.2 Å². The van der Waals surface area contributed by atoms with Gasteiger partial charge in [0.15, 0.2) is 0 Å². The maximum absolute atomic E-state index is 5.97. The van der Waals surface area contributed by atoms with E-state index < -0.39 is 0 Å². The second-order valence-corrected chi connectivity index (χ2v) is 5.80. The highest BCUT2D eigenvalue weighted by molar-refractivity contribution is 5.67. The zero-order valence-electron chi connectivity index (χ0n) is 12.5. The molecule has 3 heteroatoms. The van der Waals surface area contributed by atoms with Gasteiger partial charge in [-0.15, -0.1) is 0 Å². The van der Waals surface area contributed by atoms with E-state index in [0.29, 0.717) is 12.1 Å². The normalized spacial score (nSPS) is 23.2. The highest BCUT2D eigenvalue weighted by Gasteiger charge is 2.21. The average Bonchev–Trinajstić information content (AvgIpc) is 2.39. The number of nitrogens with one attached hydrogen (secondary N) is 1. The quantitative estimate of drug-likeness (QED) is 0.878. The molecule has 3 N–H and O–H groups in total. The van der Waals surface area contributed by atoms with Gasteiger partial charge in [0.1, 0.15) is 5.75 Å². The van der Waals surface area contributed by atoms with Gasteiger partial charge in [-0.3, -0.25) is 0 Å². The van der Waals surface area contributed by atoms with Crippen molar-refractivity contribution in [3.05, 3.63) is 22.8 Å². The summed E-state index contributed by atoms with van der Waals surface area (Å²) in [4.78, 5) is 0. The van der Waals surface area contributed by atoms with E-state index in [2.05, 4.69) is 32.2 Å². The molecule has 0 bridgehead atoms. The number of anilines is 1. The molecule has 1 aliphatic rings. The van der Waals surface area contributed by atoms with E-state index in [1.807, 2.05) is 0 Å². The third-order valence-electron chi connectivity index (χ3n) is 4.31. The summed E-state index contributed by atoms with van der Waals surface area (Å²) >= 11 is 0. The molecule has 0 atom stereocenters. The second-order valence-electron chi connectivity index (χ2n) is 5.80. The fourth-order valence-electron chi connectivity index (χ4n) is 2.95. The van der Waals surface area contributed by atoms with Gasteiger partial charge in [-0.2, -0.15) is 0 Å². The minimum Gasteiger partial charge on any atom is -0.494 e. The predicted octanol–water partition coefficient (Wildman–Crippen LogP) is 3.30. The SMILES string of the molecule is COc1c(C)c(C)cc(C)c1NC1CCC(N)CC1. The summed E-state index contributed by atoms with van der Waals surface area (Å²) in [7, 11) is 1.75. The van der Waals surface area contributed by atoms with Crippen LogP contribution in [0.5, 0.6) is 5.75 Å². The molecule has 0 saturated heterocycles. The van der Waals surface area contributed by atoms with Crippen LogP contribution in [0.3, 0.4) is 0 Å². The molecular weight excluding hydrogens is 236 g/mol. The lowest BCUT2D eigenvalue weighted by molar-refractivity contribution is 0.400. The molecule has 1 saturated carbocycles. The molecular formula is C16H26N2O. The van der Waals surface area contributed by atoms with E-state index in [1.54, 1.807) is 7.11 Å². The fraction of sp³-hybridized carbons (Fsp3) is 0.625. The summed E-state index contributed by atoms with van der Waals surface area (Å²) in [5.74, 6) is 0.993. The van der Waals surface area contributed by atoms with Crippen molar-refractivity contribution in [2.75, 3.05) is 12.4 Å². The van der Waals surface area contributed by atoms with Gasteiger partial charge in [-0.05, 0) is 63.1 Å². The van der Waals surface area contributed by atoms with Gasteiger partial charge >= 0.3 is 0 Å². The van der Waals surface area contributed by atoms with Crippen LogP contribution in [-0.2, 0) is 0 Å². The number of aryl methyl sites for hydroxylation is 2. The van der Waals surface area contributed by atoms with Crippen molar-refractivity contribution in [1.82, 2.24) is 0 Å². The number of ether oxygens (including phenoxy) is 1. The van der Waals surface area contributed by atoms with Crippen molar-refractivity contribution in [3.8, 4) is 5.75 Å². The Hall–Kier alpha value is -1.22. The average molecular weight is 262 g/mol. The lowest BCUT2D eigenvalue weighted by atomic mass is 9.91. The Kier molecular flexibility index (Phi) is 4.35.